The van der Waals surface area contributed by atoms with Gasteiger partial charge in [0.2, 0.25) is 0 Å². The summed E-state index contributed by atoms with van der Waals surface area (Å²) in [6.07, 6.45) is 8.72. The van der Waals surface area contributed by atoms with Crippen LogP contribution in [0.5, 0.6) is 0 Å². The van der Waals surface area contributed by atoms with Crippen LogP contribution < -0.4 is 0 Å². The van der Waals surface area contributed by atoms with Crippen LogP contribution in [-0.4, -0.2) is 33.5 Å². The predicted octanol–water partition coefficient (Wildman–Crippen LogP) is 5.81. The zero-order valence-electron chi connectivity index (χ0n) is 22.6. The second-order valence-electron chi connectivity index (χ2n) is 14.0. The Kier molecular flexibility index (Phi) is 5.98. The molecule has 34 heavy (non-hydrogen) atoms. The maximum atomic E-state index is 14.0. The fraction of sp³-hybridized carbons (Fsp3) is 0.800. The number of ketones is 2. The van der Waals surface area contributed by atoms with Crippen molar-refractivity contribution in [2.75, 3.05) is 0 Å². The Bertz CT molecular complexity index is 949. The average Bonchev–Trinajstić information content (AvgIpc) is 2.97. The van der Waals surface area contributed by atoms with Crippen LogP contribution in [0.15, 0.2) is 23.3 Å². The van der Waals surface area contributed by atoms with E-state index in [1.807, 2.05) is 6.08 Å². The Morgan fingerprint density at radius 3 is 2.29 bits per heavy atom. The molecule has 2 N–H and O–H groups in total. The van der Waals surface area contributed by atoms with E-state index in [4.69, 9.17) is 0 Å². The number of aliphatic hydroxyl groups excluding tert-OH is 1. The number of Topliss-reactive ketones (excluding diaryl/α,β-unsaturated/α-hetero) is 2. The molecule has 0 aromatic rings. The first kappa shape index (κ1) is 25.8. The van der Waals surface area contributed by atoms with Gasteiger partial charge in [0.25, 0.3) is 0 Å². The maximum absolute atomic E-state index is 14.0. The molecule has 2 fully saturated rings. The van der Waals surface area contributed by atoms with Gasteiger partial charge in [-0.1, -0.05) is 53.7 Å². The molecule has 2 saturated carbocycles. The van der Waals surface area contributed by atoms with Gasteiger partial charge in [-0.05, 0) is 74.5 Å². The molecular formula is C30H46O4. The molecule has 7 atom stereocenters. The smallest absolute Gasteiger partial charge is 0.160 e. The molecule has 0 radical (unpaired) electrons. The summed E-state index contributed by atoms with van der Waals surface area (Å²) in [5.41, 5.74) is -0.415. The number of allylic oxidation sites excluding steroid dienone is 3. The van der Waals surface area contributed by atoms with E-state index in [1.54, 1.807) is 13.8 Å². The van der Waals surface area contributed by atoms with Crippen molar-refractivity contribution in [3.8, 4) is 0 Å². The fourth-order valence-corrected chi connectivity index (χ4v) is 8.84. The molecule has 4 aliphatic carbocycles. The predicted molar refractivity (Wildman–Crippen MR) is 135 cm³/mol. The first-order valence-corrected chi connectivity index (χ1v) is 13.4. The molecule has 4 heteroatoms. The van der Waals surface area contributed by atoms with Crippen LogP contribution in [0.25, 0.3) is 0 Å². The summed E-state index contributed by atoms with van der Waals surface area (Å²) in [7, 11) is 0. The van der Waals surface area contributed by atoms with Gasteiger partial charge in [0.15, 0.2) is 11.6 Å². The fourth-order valence-electron chi connectivity index (χ4n) is 8.84. The number of fused-ring (bicyclic) bond motifs is 4. The molecule has 0 spiro atoms. The summed E-state index contributed by atoms with van der Waals surface area (Å²) in [4.78, 5) is 27.9. The van der Waals surface area contributed by atoms with Gasteiger partial charge in [-0.3, -0.25) is 9.59 Å². The van der Waals surface area contributed by atoms with Crippen molar-refractivity contribution in [3.63, 3.8) is 0 Å². The number of carbonyl (C=O) groups is 2. The Hall–Kier alpha value is -1.26. The lowest BCUT2D eigenvalue weighted by molar-refractivity contribution is -0.141. The van der Waals surface area contributed by atoms with Gasteiger partial charge in [0, 0.05) is 34.8 Å². The molecule has 0 aromatic heterocycles. The van der Waals surface area contributed by atoms with E-state index in [1.165, 1.54) is 0 Å². The van der Waals surface area contributed by atoms with Crippen LogP contribution in [0.1, 0.15) is 100 Å². The molecular weight excluding hydrogens is 424 g/mol. The summed E-state index contributed by atoms with van der Waals surface area (Å²) in [5, 5.41) is 20.8. The van der Waals surface area contributed by atoms with Crippen molar-refractivity contribution in [1.29, 1.82) is 0 Å². The maximum Gasteiger partial charge on any atom is 0.160 e. The SMILES string of the molecule is C[C@H](C/C=C/C(C)(C)O)[C@@H]1CC[C@]2(C)C3=C(C(=O)C[C@@]12C)[C@@]1(C)CC[C@H](O)C(C)(C)[C@H]1CC3=O. The van der Waals surface area contributed by atoms with E-state index >= 15 is 0 Å². The average molecular weight is 471 g/mol. The van der Waals surface area contributed by atoms with Crippen LogP contribution in [0.2, 0.25) is 0 Å². The van der Waals surface area contributed by atoms with Crippen molar-refractivity contribution < 1.29 is 19.8 Å². The van der Waals surface area contributed by atoms with Crippen LogP contribution in [0.3, 0.4) is 0 Å². The van der Waals surface area contributed by atoms with E-state index in [0.717, 1.165) is 36.8 Å². The lowest BCUT2D eigenvalue weighted by atomic mass is 9.43. The highest BCUT2D eigenvalue weighted by atomic mass is 16.3. The summed E-state index contributed by atoms with van der Waals surface area (Å²) < 4.78 is 0. The highest BCUT2D eigenvalue weighted by Crippen LogP contribution is 2.71. The molecule has 4 aliphatic rings. The summed E-state index contributed by atoms with van der Waals surface area (Å²) >= 11 is 0. The first-order chi connectivity index (χ1) is 15.5. The summed E-state index contributed by atoms with van der Waals surface area (Å²) in [5.74, 6) is 1.04. The molecule has 4 rings (SSSR count). The highest BCUT2D eigenvalue weighted by molar-refractivity contribution is 6.11. The molecule has 0 aromatic carbocycles. The Morgan fingerprint density at radius 2 is 1.68 bits per heavy atom. The van der Waals surface area contributed by atoms with Crippen molar-refractivity contribution in [3.05, 3.63) is 23.3 Å². The molecule has 0 heterocycles. The van der Waals surface area contributed by atoms with Crippen LogP contribution >= 0.6 is 0 Å². The van der Waals surface area contributed by atoms with Crippen molar-refractivity contribution in [2.45, 2.75) is 112 Å². The van der Waals surface area contributed by atoms with Crippen molar-refractivity contribution in [2.24, 2.45) is 39.4 Å². The van der Waals surface area contributed by atoms with Gasteiger partial charge in [0.05, 0.1) is 11.7 Å². The van der Waals surface area contributed by atoms with Crippen LogP contribution in [0, 0.1) is 39.4 Å². The Morgan fingerprint density at radius 1 is 1.03 bits per heavy atom. The van der Waals surface area contributed by atoms with Gasteiger partial charge in [-0.15, -0.1) is 0 Å². The second kappa shape index (κ2) is 7.87. The molecule has 0 amide bonds. The van der Waals surface area contributed by atoms with E-state index in [0.29, 0.717) is 31.1 Å². The first-order valence-electron chi connectivity index (χ1n) is 13.4. The van der Waals surface area contributed by atoms with Gasteiger partial charge in [-0.2, -0.15) is 0 Å². The number of hydrogen-bond donors (Lipinski definition) is 2. The minimum absolute atomic E-state index is 0.00463. The standard InChI is InChI=1S/C30H46O4/c1-18(10-9-13-26(2,3)34)19-11-15-29(7)25-20(31)16-22-27(4,5)23(33)12-14-28(22,6)24(25)21(32)17-30(19,29)8/h9,13,18-19,22-23,33-34H,10-12,14-17H2,1-8H3/b13-9+/t18-,19+,22-,23+,28+,29-,30+/m1/s1. The van der Waals surface area contributed by atoms with Crippen LogP contribution in [0.4, 0.5) is 0 Å². The van der Waals surface area contributed by atoms with Gasteiger partial charge in [-0.25, -0.2) is 0 Å². The molecule has 0 unspecified atom stereocenters. The molecule has 0 aliphatic heterocycles. The summed E-state index contributed by atoms with van der Waals surface area (Å²) in [6.45, 7) is 16.7. The zero-order valence-corrected chi connectivity index (χ0v) is 22.6. The van der Waals surface area contributed by atoms with Crippen molar-refractivity contribution >= 4 is 11.6 Å². The largest absolute Gasteiger partial charge is 0.393 e. The Balaban J connectivity index is 1.75. The van der Waals surface area contributed by atoms with E-state index in [9.17, 15) is 19.8 Å². The number of aliphatic hydroxyl groups is 2. The molecule has 4 nitrogen and oxygen atoms in total. The van der Waals surface area contributed by atoms with E-state index < -0.39 is 11.7 Å². The van der Waals surface area contributed by atoms with Gasteiger partial charge < -0.3 is 10.2 Å². The topological polar surface area (TPSA) is 74.6 Å². The van der Waals surface area contributed by atoms with Gasteiger partial charge in [0.1, 0.15) is 0 Å². The van der Waals surface area contributed by atoms with Crippen molar-refractivity contribution in [1.82, 2.24) is 0 Å². The quantitative estimate of drug-likeness (QED) is 0.509. The molecule has 190 valence electrons. The minimum Gasteiger partial charge on any atom is -0.393 e. The number of carbonyl (C=O) groups excluding carboxylic acids is 2. The number of hydrogen-bond acceptors (Lipinski definition) is 4. The number of rotatable bonds is 4. The lowest BCUT2D eigenvalue weighted by Gasteiger charge is -2.60. The second-order valence-corrected chi connectivity index (χ2v) is 14.0. The Labute approximate surface area is 206 Å². The minimum atomic E-state index is -0.823. The molecule has 0 bridgehead atoms. The third-order valence-corrected chi connectivity index (χ3v) is 11.1. The third kappa shape index (κ3) is 3.53. The van der Waals surface area contributed by atoms with E-state index in [-0.39, 0.29) is 39.1 Å². The monoisotopic (exact) mass is 470 g/mol. The highest BCUT2D eigenvalue weighted by Gasteiger charge is 2.67. The zero-order chi connectivity index (χ0) is 25.5. The molecule has 0 saturated heterocycles. The van der Waals surface area contributed by atoms with E-state index in [2.05, 4.69) is 47.6 Å². The summed E-state index contributed by atoms with van der Waals surface area (Å²) in [6, 6.07) is 0. The third-order valence-electron chi connectivity index (χ3n) is 11.1. The van der Waals surface area contributed by atoms with Gasteiger partial charge >= 0.3 is 0 Å². The normalized spacial score (nSPS) is 43.1. The lowest BCUT2D eigenvalue weighted by Crippen LogP contribution is -2.59. The van der Waals surface area contributed by atoms with Crippen LogP contribution in [-0.2, 0) is 9.59 Å².